The number of benzene rings is 2. The first-order chi connectivity index (χ1) is 16.5. The number of aromatic nitrogens is 3. The second-order valence-corrected chi connectivity index (χ2v) is 7.05. The third-order valence-corrected chi connectivity index (χ3v) is 4.61. The van der Waals surface area contributed by atoms with Gasteiger partial charge in [-0.15, -0.1) is 5.10 Å². The predicted molar refractivity (Wildman–Crippen MR) is 119 cm³/mol. The molecule has 0 atom stereocenters. The number of rotatable bonds is 12. The molecule has 1 aromatic heterocycles. The van der Waals surface area contributed by atoms with E-state index in [0.29, 0.717) is 23.5 Å². The van der Waals surface area contributed by atoms with Crippen molar-refractivity contribution in [3.63, 3.8) is 0 Å². The average Bonchev–Trinajstić information content (AvgIpc) is 3.33. The van der Waals surface area contributed by atoms with Gasteiger partial charge in [-0.3, -0.25) is 9.59 Å². The van der Waals surface area contributed by atoms with E-state index in [0.717, 1.165) is 5.56 Å². The van der Waals surface area contributed by atoms with Crippen LogP contribution in [0.2, 0.25) is 0 Å². The Bertz CT molecular complexity index is 1100. The highest BCUT2D eigenvalue weighted by molar-refractivity contribution is 5.95. The smallest absolute Gasteiger partial charge is 0.273 e. The number of amides is 2. The molecular formula is C23H25F2N5O4. The number of halogens is 2. The highest BCUT2D eigenvalue weighted by Crippen LogP contribution is 2.24. The molecule has 2 N–H and O–H groups in total. The van der Waals surface area contributed by atoms with Gasteiger partial charge in [-0.05, 0) is 42.8 Å². The van der Waals surface area contributed by atoms with Gasteiger partial charge in [0, 0.05) is 18.7 Å². The van der Waals surface area contributed by atoms with Gasteiger partial charge in [-0.1, -0.05) is 17.3 Å². The first-order valence-corrected chi connectivity index (χ1v) is 10.7. The van der Waals surface area contributed by atoms with Crippen molar-refractivity contribution in [1.29, 1.82) is 0 Å². The number of hydrogen-bond donors (Lipinski definition) is 2. The molecule has 0 unspecified atom stereocenters. The summed E-state index contributed by atoms with van der Waals surface area (Å²) in [7, 11) is 0. The number of hydrogen-bond acceptors (Lipinski definition) is 6. The van der Waals surface area contributed by atoms with Crippen LogP contribution < -0.4 is 15.4 Å². The molecule has 1 heterocycles. The Hall–Kier alpha value is -3.86. The maximum absolute atomic E-state index is 13.0. The van der Waals surface area contributed by atoms with Crippen molar-refractivity contribution in [3.05, 3.63) is 71.3 Å². The first kappa shape index (κ1) is 24.8. The van der Waals surface area contributed by atoms with Crippen LogP contribution in [0.1, 0.15) is 33.3 Å². The summed E-state index contributed by atoms with van der Waals surface area (Å²) < 4.78 is 37.4. The second-order valence-electron chi connectivity index (χ2n) is 7.05. The summed E-state index contributed by atoms with van der Waals surface area (Å²) >= 11 is 0. The molecular weight excluding hydrogens is 448 g/mol. The van der Waals surface area contributed by atoms with Crippen LogP contribution in [0.15, 0.2) is 48.7 Å². The zero-order valence-corrected chi connectivity index (χ0v) is 18.6. The normalized spacial score (nSPS) is 10.7. The van der Waals surface area contributed by atoms with Crippen LogP contribution >= 0.6 is 0 Å². The molecule has 0 fully saturated rings. The Morgan fingerprint density at radius 3 is 2.56 bits per heavy atom. The van der Waals surface area contributed by atoms with Gasteiger partial charge in [0.05, 0.1) is 19.4 Å². The van der Waals surface area contributed by atoms with E-state index in [1.54, 1.807) is 30.3 Å². The maximum Gasteiger partial charge on any atom is 0.273 e. The van der Waals surface area contributed by atoms with Crippen LogP contribution in [0.5, 0.6) is 5.75 Å². The minimum atomic E-state index is -0.594. The van der Waals surface area contributed by atoms with E-state index in [1.165, 1.54) is 23.0 Å². The highest BCUT2D eigenvalue weighted by atomic mass is 19.1. The van der Waals surface area contributed by atoms with Crippen LogP contribution in [0.3, 0.4) is 0 Å². The molecule has 9 nitrogen and oxygen atoms in total. The number of carbonyl (C=O) groups excluding carboxylic acids is 2. The van der Waals surface area contributed by atoms with E-state index in [-0.39, 0.29) is 43.8 Å². The molecule has 0 saturated heterocycles. The van der Waals surface area contributed by atoms with Crippen LogP contribution in [0, 0.1) is 5.82 Å². The monoisotopic (exact) mass is 473 g/mol. The lowest BCUT2D eigenvalue weighted by Gasteiger charge is -2.13. The molecule has 0 aliphatic heterocycles. The molecule has 0 aliphatic rings. The number of nitrogens with one attached hydrogen (secondary N) is 2. The van der Waals surface area contributed by atoms with Crippen molar-refractivity contribution >= 4 is 11.8 Å². The van der Waals surface area contributed by atoms with Gasteiger partial charge < -0.3 is 20.1 Å². The summed E-state index contributed by atoms with van der Waals surface area (Å²) in [6.45, 7) is 2.12. The molecule has 0 spiro atoms. The Kier molecular flexibility index (Phi) is 9.04. The summed E-state index contributed by atoms with van der Waals surface area (Å²) in [5, 5.41) is 13.3. The van der Waals surface area contributed by atoms with E-state index in [9.17, 15) is 18.4 Å². The van der Waals surface area contributed by atoms with Gasteiger partial charge >= 0.3 is 0 Å². The number of carbonyl (C=O) groups is 2. The molecule has 180 valence electrons. The Morgan fingerprint density at radius 2 is 1.82 bits per heavy atom. The maximum atomic E-state index is 13.0. The van der Waals surface area contributed by atoms with Crippen LogP contribution in [-0.2, 0) is 11.3 Å². The van der Waals surface area contributed by atoms with Gasteiger partial charge in [0.1, 0.15) is 30.5 Å². The van der Waals surface area contributed by atoms with E-state index in [4.69, 9.17) is 9.47 Å². The molecule has 2 aromatic carbocycles. The van der Waals surface area contributed by atoms with Crippen LogP contribution in [0.25, 0.3) is 5.69 Å². The standard InChI is InChI=1S/C23H25F2N5O4/c1-2-26-22(31)17-5-8-20(21(13-17)34-12-11-33-10-9-24)30-15-19(28-29-30)23(32)27-14-16-3-6-18(25)7-4-16/h3-8,13,15H,2,9-12,14H2,1H3,(H,26,31)(H,27,32). The van der Waals surface area contributed by atoms with Crippen molar-refractivity contribution < 1.29 is 27.8 Å². The van der Waals surface area contributed by atoms with Crippen molar-refractivity contribution in [2.75, 3.05) is 33.0 Å². The topological polar surface area (TPSA) is 107 Å². The molecule has 0 saturated carbocycles. The fourth-order valence-electron chi connectivity index (χ4n) is 2.95. The Morgan fingerprint density at radius 1 is 1.03 bits per heavy atom. The molecule has 0 aliphatic carbocycles. The zero-order chi connectivity index (χ0) is 24.3. The number of nitrogens with zero attached hydrogens (tertiary/aromatic N) is 3. The summed E-state index contributed by atoms with van der Waals surface area (Å²) in [5.41, 5.74) is 1.62. The summed E-state index contributed by atoms with van der Waals surface area (Å²) in [6, 6.07) is 10.5. The van der Waals surface area contributed by atoms with Gasteiger partial charge in [-0.2, -0.15) is 0 Å². The lowest BCUT2D eigenvalue weighted by atomic mass is 10.1. The highest BCUT2D eigenvalue weighted by Gasteiger charge is 2.16. The Balaban J connectivity index is 1.74. The van der Waals surface area contributed by atoms with Crippen molar-refractivity contribution in [1.82, 2.24) is 25.6 Å². The lowest BCUT2D eigenvalue weighted by molar-refractivity contribution is 0.0894. The quantitative estimate of drug-likeness (QED) is 0.392. The predicted octanol–water partition coefficient (Wildman–Crippen LogP) is 2.45. The zero-order valence-electron chi connectivity index (χ0n) is 18.6. The molecule has 11 heteroatoms. The molecule has 3 rings (SSSR count). The van der Waals surface area contributed by atoms with Crippen molar-refractivity contribution in [2.24, 2.45) is 0 Å². The fraction of sp³-hybridized carbons (Fsp3) is 0.304. The average molecular weight is 473 g/mol. The number of ether oxygens (including phenoxy) is 2. The lowest BCUT2D eigenvalue weighted by Crippen LogP contribution is -2.23. The third-order valence-electron chi connectivity index (χ3n) is 4.61. The van der Waals surface area contributed by atoms with E-state index >= 15 is 0 Å². The third kappa shape index (κ3) is 6.82. The molecule has 34 heavy (non-hydrogen) atoms. The summed E-state index contributed by atoms with van der Waals surface area (Å²) in [5.74, 6) is -0.775. The summed E-state index contributed by atoms with van der Waals surface area (Å²) in [4.78, 5) is 24.7. The van der Waals surface area contributed by atoms with Crippen molar-refractivity contribution in [2.45, 2.75) is 13.5 Å². The van der Waals surface area contributed by atoms with Gasteiger partial charge in [0.15, 0.2) is 5.69 Å². The number of alkyl halides is 1. The SMILES string of the molecule is CCNC(=O)c1ccc(-n2cc(C(=O)NCc3ccc(F)cc3)nn2)c(OCCOCCF)c1. The molecule has 3 aromatic rings. The van der Waals surface area contributed by atoms with Crippen LogP contribution in [0.4, 0.5) is 8.78 Å². The minimum Gasteiger partial charge on any atom is -0.489 e. The first-order valence-electron chi connectivity index (χ1n) is 10.7. The van der Waals surface area contributed by atoms with E-state index < -0.39 is 12.6 Å². The van der Waals surface area contributed by atoms with Crippen LogP contribution in [-0.4, -0.2) is 59.8 Å². The fourth-order valence-corrected chi connectivity index (χ4v) is 2.95. The molecule has 2 amide bonds. The molecule has 0 bridgehead atoms. The summed E-state index contributed by atoms with van der Waals surface area (Å²) in [6.07, 6.45) is 1.42. The largest absolute Gasteiger partial charge is 0.489 e. The Labute approximate surface area is 195 Å². The minimum absolute atomic E-state index is 0.0331. The van der Waals surface area contributed by atoms with E-state index in [1.807, 2.05) is 6.92 Å². The van der Waals surface area contributed by atoms with Crippen molar-refractivity contribution in [3.8, 4) is 11.4 Å². The van der Waals surface area contributed by atoms with Gasteiger partial charge in [0.25, 0.3) is 11.8 Å². The van der Waals surface area contributed by atoms with Gasteiger partial charge in [0.2, 0.25) is 0 Å². The molecule has 0 radical (unpaired) electrons. The second kappa shape index (κ2) is 12.4. The van der Waals surface area contributed by atoms with Gasteiger partial charge in [-0.25, -0.2) is 13.5 Å². The van der Waals surface area contributed by atoms with E-state index in [2.05, 4.69) is 20.9 Å².